The topological polar surface area (TPSA) is 48.5 Å². The van der Waals surface area contributed by atoms with E-state index < -0.39 is 0 Å². The first-order chi connectivity index (χ1) is 34.2. The van der Waals surface area contributed by atoms with Crippen LogP contribution < -0.4 is 0 Å². The molecule has 14 aromatic rings. The van der Waals surface area contributed by atoms with E-state index in [4.69, 9.17) is 15.0 Å². The van der Waals surface area contributed by atoms with Crippen molar-refractivity contribution in [3.63, 3.8) is 0 Å². The van der Waals surface area contributed by atoms with Gasteiger partial charge in [-0.05, 0) is 70.8 Å². The number of aromatic nitrogens is 5. The van der Waals surface area contributed by atoms with Gasteiger partial charge in [-0.15, -0.1) is 11.3 Å². The van der Waals surface area contributed by atoms with E-state index in [9.17, 15) is 0 Å². The van der Waals surface area contributed by atoms with Crippen LogP contribution >= 0.6 is 11.3 Å². The van der Waals surface area contributed by atoms with Crippen molar-refractivity contribution in [2.75, 3.05) is 0 Å². The van der Waals surface area contributed by atoms with Crippen molar-refractivity contribution in [1.29, 1.82) is 0 Å². The Bertz CT molecular complexity index is 4300. The molecule has 0 radical (unpaired) electrons. The minimum Gasteiger partial charge on any atom is -0.307 e. The molecule has 0 amide bonds. The number of fused-ring (bicyclic) bond motifs is 9. The number of thiophene rings is 1. The van der Waals surface area contributed by atoms with Crippen molar-refractivity contribution in [1.82, 2.24) is 24.1 Å². The van der Waals surface area contributed by atoms with Crippen molar-refractivity contribution in [3.8, 4) is 67.8 Å². The summed E-state index contributed by atoms with van der Waals surface area (Å²) in [6, 6.07) is 84.4. The van der Waals surface area contributed by atoms with Gasteiger partial charge in [0.2, 0.25) is 0 Å². The Morgan fingerprint density at radius 3 is 1.52 bits per heavy atom. The number of para-hydroxylation sites is 3. The van der Waals surface area contributed by atoms with Gasteiger partial charge in [-0.25, -0.2) is 15.0 Å². The van der Waals surface area contributed by atoms with Crippen LogP contribution in [0.1, 0.15) is 0 Å². The van der Waals surface area contributed by atoms with Crippen LogP contribution in [0.25, 0.3) is 132 Å². The Morgan fingerprint density at radius 2 is 0.797 bits per heavy atom. The molecule has 0 N–H and O–H groups in total. The molecule has 0 saturated heterocycles. The molecule has 0 aliphatic heterocycles. The molecule has 4 aromatic heterocycles. The number of nitrogens with zero attached hydrogens (tertiary/aromatic N) is 5. The molecule has 0 aliphatic rings. The quantitative estimate of drug-likeness (QED) is 0.160. The minimum atomic E-state index is 0.622. The summed E-state index contributed by atoms with van der Waals surface area (Å²) in [5.41, 5.74) is 14.2. The average molecular weight is 898 g/mol. The van der Waals surface area contributed by atoms with E-state index in [1.165, 1.54) is 47.8 Å². The molecule has 6 heteroatoms. The van der Waals surface area contributed by atoms with Crippen LogP contribution in [0.5, 0.6) is 0 Å². The van der Waals surface area contributed by atoms with Crippen molar-refractivity contribution in [2.45, 2.75) is 0 Å². The van der Waals surface area contributed by atoms with E-state index in [2.05, 4.69) is 228 Å². The molecule has 0 saturated carbocycles. The summed E-state index contributed by atoms with van der Waals surface area (Å²) in [7, 11) is 0. The van der Waals surface area contributed by atoms with E-state index >= 15 is 0 Å². The Labute approximate surface area is 401 Å². The van der Waals surface area contributed by atoms with Gasteiger partial charge in [-0.1, -0.05) is 188 Å². The fourth-order valence-electron chi connectivity index (χ4n) is 10.6. The molecule has 0 spiro atoms. The van der Waals surface area contributed by atoms with Crippen LogP contribution in [-0.4, -0.2) is 24.1 Å². The van der Waals surface area contributed by atoms with Gasteiger partial charge in [0, 0.05) is 64.1 Å². The largest absolute Gasteiger partial charge is 0.307 e. The Hall–Kier alpha value is -8.97. The van der Waals surface area contributed by atoms with E-state index in [-0.39, 0.29) is 0 Å². The average Bonchev–Trinajstić information content (AvgIpc) is 4.10. The van der Waals surface area contributed by atoms with Crippen LogP contribution in [0.4, 0.5) is 0 Å². The maximum Gasteiger partial charge on any atom is 0.164 e. The van der Waals surface area contributed by atoms with Crippen LogP contribution in [0.2, 0.25) is 0 Å². The number of benzene rings is 10. The lowest BCUT2D eigenvalue weighted by Gasteiger charge is -2.15. The van der Waals surface area contributed by atoms with Crippen molar-refractivity contribution in [3.05, 3.63) is 237 Å². The second kappa shape index (κ2) is 15.8. The maximum absolute atomic E-state index is 5.51. The number of rotatable bonds is 7. The zero-order chi connectivity index (χ0) is 45.4. The molecule has 0 unspecified atom stereocenters. The molecule has 69 heavy (non-hydrogen) atoms. The first-order valence-corrected chi connectivity index (χ1v) is 24.1. The third kappa shape index (κ3) is 6.27. The predicted molar refractivity (Wildman–Crippen MR) is 289 cm³/mol. The van der Waals surface area contributed by atoms with Crippen molar-refractivity contribution >= 4 is 75.1 Å². The summed E-state index contributed by atoms with van der Waals surface area (Å²) in [5.74, 6) is 1.89. The summed E-state index contributed by atoms with van der Waals surface area (Å²) >= 11 is 1.81. The fourth-order valence-corrected chi connectivity index (χ4v) is 11.8. The van der Waals surface area contributed by atoms with Gasteiger partial charge in [0.05, 0.1) is 27.8 Å². The molecule has 322 valence electrons. The molecule has 14 rings (SSSR count). The molecule has 10 aromatic carbocycles. The SMILES string of the molecule is c1ccc(-c2cccc(-n3c4ccccc4c4cccc(-n5c6ccccc6c6c(-c7nc(-c8ccccc8)nc(-c8cccc9sc%10cccc(-c%11ccccc%11)c%10c89)n7)cccc65)c43)c2)cc1. The molecule has 0 aliphatic carbocycles. The Kier molecular flexibility index (Phi) is 9.00. The van der Waals surface area contributed by atoms with Gasteiger partial charge in [0.1, 0.15) is 0 Å². The number of hydrogen-bond acceptors (Lipinski definition) is 4. The zero-order valence-electron chi connectivity index (χ0n) is 37.2. The van der Waals surface area contributed by atoms with Crippen LogP contribution in [0.15, 0.2) is 237 Å². The highest BCUT2D eigenvalue weighted by atomic mass is 32.1. The monoisotopic (exact) mass is 897 g/mol. The maximum atomic E-state index is 5.51. The van der Waals surface area contributed by atoms with Gasteiger partial charge < -0.3 is 9.13 Å². The van der Waals surface area contributed by atoms with Gasteiger partial charge in [-0.2, -0.15) is 0 Å². The fraction of sp³-hybridized carbons (Fsp3) is 0. The summed E-state index contributed by atoms with van der Waals surface area (Å²) in [5, 5.41) is 6.97. The summed E-state index contributed by atoms with van der Waals surface area (Å²) in [6.45, 7) is 0. The Morgan fingerprint density at radius 1 is 0.304 bits per heavy atom. The first-order valence-electron chi connectivity index (χ1n) is 23.3. The molecule has 4 heterocycles. The lowest BCUT2D eigenvalue weighted by Crippen LogP contribution is -2.01. The van der Waals surface area contributed by atoms with E-state index in [1.807, 2.05) is 29.5 Å². The first kappa shape index (κ1) is 39.2. The standard InChI is InChI=1S/C63H39N5S/c1-4-19-40(20-5-1)43-25-14-26-44(39-43)67-51-33-12-10-27-46(51)47-30-15-36-54(60(47)67)68-52-34-13-11-28-48(52)57-49(31-16-35-53(57)68)62-64-61(42-23-8-3-9-24-42)65-63(66-62)50-32-18-38-56-59(50)58-45(29-17-37-55(58)69-56)41-21-6-2-7-22-41/h1-39H. The normalized spacial score (nSPS) is 11.8. The zero-order valence-corrected chi connectivity index (χ0v) is 38.0. The summed E-state index contributed by atoms with van der Waals surface area (Å²) in [4.78, 5) is 16.2. The van der Waals surface area contributed by atoms with Crippen LogP contribution in [0, 0.1) is 0 Å². The smallest absolute Gasteiger partial charge is 0.164 e. The molecular formula is C63H39N5S. The highest BCUT2D eigenvalue weighted by molar-refractivity contribution is 7.26. The van der Waals surface area contributed by atoms with Gasteiger partial charge in [0.25, 0.3) is 0 Å². The molecule has 0 atom stereocenters. The molecule has 0 fully saturated rings. The second-order valence-corrected chi connectivity index (χ2v) is 18.6. The second-order valence-electron chi connectivity index (χ2n) is 17.5. The highest BCUT2D eigenvalue weighted by Crippen LogP contribution is 2.46. The molecular weight excluding hydrogens is 859 g/mol. The third-order valence-electron chi connectivity index (χ3n) is 13.6. The van der Waals surface area contributed by atoms with Crippen LogP contribution in [-0.2, 0) is 0 Å². The van der Waals surface area contributed by atoms with E-state index in [0.29, 0.717) is 17.5 Å². The highest BCUT2D eigenvalue weighted by Gasteiger charge is 2.24. The van der Waals surface area contributed by atoms with Gasteiger partial charge in [-0.3, -0.25) is 0 Å². The lowest BCUT2D eigenvalue weighted by atomic mass is 9.97. The van der Waals surface area contributed by atoms with E-state index in [1.54, 1.807) is 0 Å². The summed E-state index contributed by atoms with van der Waals surface area (Å²) in [6.07, 6.45) is 0. The van der Waals surface area contributed by atoms with Crippen molar-refractivity contribution < 1.29 is 0 Å². The minimum absolute atomic E-state index is 0.622. The Balaban J connectivity index is 1.03. The third-order valence-corrected chi connectivity index (χ3v) is 14.7. The van der Waals surface area contributed by atoms with Crippen molar-refractivity contribution in [2.24, 2.45) is 0 Å². The van der Waals surface area contributed by atoms with E-state index in [0.717, 1.165) is 66.3 Å². The summed E-state index contributed by atoms with van der Waals surface area (Å²) < 4.78 is 7.31. The number of hydrogen-bond donors (Lipinski definition) is 0. The lowest BCUT2D eigenvalue weighted by molar-refractivity contribution is 1.08. The van der Waals surface area contributed by atoms with Gasteiger partial charge >= 0.3 is 0 Å². The molecule has 5 nitrogen and oxygen atoms in total. The van der Waals surface area contributed by atoms with Gasteiger partial charge in [0.15, 0.2) is 17.5 Å². The molecule has 0 bridgehead atoms. The predicted octanol–water partition coefficient (Wildman–Crippen LogP) is 16.8. The van der Waals surface area contributed by atoms with Crippen LogP contribution in [0.3, 0.4) is 0 Å².